The highest BCUT2D eigenvalue weighted by Crippen LogP contribution is 2.33. The summed E-state index contributed by atoms with van der Waals surface area (Å²) in [5.74, 6) is -0.606. The third-order valence-corrected chi connectivity index (χ3v) is 3.95. The van der Waals surface area contributed by atoms with E-state index in [1.807, 2.05) is 54.6 Å². The maximum Gasteiger partial charge on any atom is 0.178 e. The number of rotatable bonds is 1. The number of carbonyl (C=O) groups excluding carboxylic acids is 1. The van der Waals surface area contributed by atoms with Crippen LogP contribution in [0.1, 0.15) is 27.5 Å². The first-order chi connectivity index (χ1) is 10.3. The third kappa shape index (κ3) is 1.71. The number of Topliss-reactive ketones (excluding diaryl/α,β-unsaturated/α-hetero) is 1. The number of para-hydroxylation sites is 1. The lowest BCUT2D eigenvalue weighted by atomic mass is 9.98. The van der Waals surface area contributed by atoms with E-state index < -0.39 is 5.92 Å². The number of benzene rings is 2. The van der Waals surface area contributed by atoms with Gasteiger partial charge in [-0.2, -0.15) is 0 Å². The minimum Gasteiger partial charge on any atom is -0.303 e. The largest absolute Gasteiger partial charge is 0.303 e. The van der Waals surface area contributed by atoms with E-state index in [0.29, 0.717) is 17.0 Å². The second-order valence-electron chi connectivity index (χ2n) is 5.19. The second kappa shape index (κ2) is 4.35. The molecule has 3 nitrogen and oxygen atoms in total. The first kappa shape index (κ1) is 12.0. The summed E-state index contributed by atoms with van der Waals surface area (Å²) in [4.78, 5) is 17.1. The Labute approximate surface area is 121 Å². The Balaban J connectivity index is 1.86. The lowest BCUT2D eigenvalue weighted by Crippen LogP contribution is -2.14. The predicted octanol–water partition coefficient (Wildman–Crippen LogP) is 3.58. The Morgan fingerprint density at radius 2 is 1.57 bits per heavy atom. The monoisotopic (exact) mass is 272 g/mol. The molecule has 0 aliphatic heterocycles. The van der Waals surface area contributed by atoms with E-state index in [4.69, 9.17) is 5.41 Å². The van der Waals surface area contributed by atoms with Gasteiger partial charge in [0.05, 0.1) is 16.9 Å². The molecule has 0 saturated heterocycles. The molecule has 3 aromatic rings. The molecule has 0 fully saturated rings. The molecule has 1 unspecified atom stereocenters. The highest BCUT2D eigenvalue weighted by Gasteiger charge is 2.37. The van der Waals surface area contributed by atoms with Gasteiger partial charge in [0.1, 0.15) is 5.92 Å². The smallest absolute Gasteiger partial charge is 0.178 e. The predicted molar refractivity (Wildman–Crippen MR) is 82.1 cm³/mol. The summed E-state index contributed by atoms with van der Waals surface area (Å²) in [7, 11) is 0. The second-order valence-corrected chi connectivity index (χ2v) is 5.19. The van der Waals surface area contributed by atoms with Crippen molar-refractivity contribution >= 4 is 22.4 Å². The summed E-state index contributed by atoms with van der Waals surface area (Å²) in [5, 5.41) is 9.34. The Hall–Kier alpha value is -2.81. The number of hydrogen-bond acceptors (Lipinski definition) is 3. The summed E-state index contributed by atoms with van der Waals surface area (Å²) >= 11 is 0. The molecule has 0 spiro atoms. The first-order valence-corrected chi connectivity index (χ1v) is 6.83. The van der Waals surface area contributed by atoms with Crippen LogP contribution in [0.5, 0.6) is 0 Å². The van der Waals surface area contributed by atoms with Gasteiger partial charge in [-0.3, -0.25) is 9.78 Å². The molecule has 0 saturated carbocycles. The van der Waals surface area contributed by atoms with Crippen LogP contribution < -0.4 is 0 Å². The summed E-state index contributed by atoms with van der Waals surface area (Å²) in [6, 6.07) is 18.9. The van der Waals surface area contributed by atoms with Crippen molar-refractivity contribution in [1.82, 2.24) is 4.98 Å². The number of hydrogen-bond donors (Lipinski definition) is 1. The van der Waals surface area contributed by atoms with E-state index in [1.165, 1.54) is 0 Å². The Bertz CT molecular complexity index is 863. The molecule has 2 aromatic carbocycles. The fourth-order valence-corrected chi connectivity index (χ4v) is 2.90. The number of fused-ring (bicyclic) bond motifs is 2. The van der Waals surface area contributed by atoms with Crippen molar-refractivity contribution in [2.45, 2.75) is 5.92 Å². The molecule has 21 heavy (non-hydrogen) atoms. The summed E-state index contributed by atoms with van der Waals surface area (Å²) in [5.41, 5.74) is 3.20. The molecule has 1 heterocycles. The molecular weight excluding hydrogens is 260 g/mol. The molecular formula is C18H12N2O. The maximum absolute atomic E-state index is 12.6. The normalized spacial score (nSPS) is 17.2. The maximum atomic E-state index is 12.6. The molecule has 1 aliphatic carbocycles. The van der Waals surface area contributed by atoms with Crippen molar-refractivity contribution in [3.63, 3.8) is 0 Å². The van der Waals surface area contributed by atoms with Crippen LogP contribution in [0.3, 0.4) is 0 Å². The van der Waals surface area contributed by atoms with Crippen LogP contribution in [0.4, 0.5) is 0 Å². The van der Waals surface area contributed by atoms with Crippen molar-refractivity contribution < 1.29 is 4.79 Å². The van der Waals surface area contributed by atoms with Crippen LogP contribution in [-0.2, 0) is 0 Å². The number of aromatic nitrogens is 1. The van der Waals surface area contributed by atoms with E-state index in [-0.39, 0.29) is 5.78 Å². The lowest BCUT2D eigenvalue weighted by molar-refractivity contribution is 0.0987. The molecule has 1 N–H and O–H groups in total. The van der Waals surface area contributed by atoms with Crippen LogP contribution in [-0.4, -0.2) is 16.5 Å². The highest BCUT2D eigenvalue weighted by atomic mass is 16.1. The Morgan fingerprint density at radius 1 is 0.857 bits per heavy atom. The number of carbonyl (C=O) groups is 1. The Morgan fingerprint density at radius 3 is 2.38 bits per heavy atom. The third-order valence-electron chi connectivity index (χ3n) is 3.95. The quantitative estimate of drug-likeness (QED) is 0.736. The molecule has 1 aromatic heterocycles. The molecule has 100 valence electrons. The zero-order valence-electron chi connectivity index (χ0n) is 11.2. The number of pyridine rings is 1. The minimum absolute atomic E-state index is 0.0293. The van der Waals surface area contributed by atoms with Gasteiger partial charge in [-0.15, -0.1) is 0 Å². The van der Waals surface area contributed by atoms with Crippen LogP contribution in [0.25, 0.3) is 10.9 Å². The van der Waals surface area contributed by atoms with Gasteiger partial charge in [0.25, 0.3) is 0 Å². The van der Waals surface area contributed by atoms with Crippen LogP contribution in [0.2, 0.25) is 0 Å². The minimum atomic E-state index is -0.577. The highest BCUT2D eigenvalue weighted by molar-refractivity contribution is 6.30. The van der Waals surface area contributed by atoms with Crippen molar-refractivity contribution in [1.29, 1.82) is 5.41 Å². The lowest BCUT2D eigenvalue weighted by Gasteiger charge is -2.09. The number of nitrogens with one attached hydrogen (secondary N) is 1. The first-order valence-electron chi connectivity index (χ1n) is 6.83. The van der Waals surface area contributed by atoms with Gasteiger partial charge >= 0.3 is 0 Å². The van der Waals surface area contributed by atoms with Gasteiger partial charge in [0.2, 0.25) is 0 Å². The summed E-state index contributed by atoms with van der Waals surface area (Å²) in [6.07, 6.45) is 0. The van der Waals surface area contributed by atoms with Gasteiger partial charge in [-0.25, -0.2) is 0 Å². The average Bonchev–Trinajstić information content (AvgIpc) is 2.79. The zero-order chi connectivity index (χ0) is 14.4. The van der Waals surface area contributed by atoms with E-state index in [9.17, 15) is 4.79 Å². The average molecular weight is 272 g/mol. The summed E-state index contributed by atoms with van der Waals surface area (Å²) < 4.78 is 0. The van der Waals surface area contributed by atoms with Crippen LogP contribution >= 0.6 is 0 Å². The van der Waals surface area contributed by atoms with Gasteiger partial charge in [-0.1, -0.05) is 48.5 Å². The van der Waals surface area contributed by atoms with Crippen LogP contribution in [0, 0.1) is 5.41 Å². The zero-order valence-corrected chi connectivity index (χ0v) is 11.2. The van der Waals surface area contributed by atoms with Gasteiger partial charge < -0.3 is 5.41 Å². The molecule has 0 radical (unpaired) electrons. The number of nitrogens with zero attached hydrogens (tertiary/aromatic N) is 1. The van der Waals surface area contributed by atoms with Crippen LogP contribution in [0.15, 0.2) is 60.7 Å². The fraction of sp³-hybridized carbons (Fsp3) is 0.0556. The molecule has 1 atom stereocenters. The molecule has 1 aliphatic rings. The van der Waals surface area contributed by atoms with Crippen molar-refractivity contribution in [2.75, 3.05) is 0 Å². The van der Waals surface area contributed by atoms with Crippen molar-refractivity contribution in [3.8, 4) is 0 Å². The molecule has 4 rings (SSSR count). The van der Waals surface area contributed by atoms with E-state index in [0.717, 1.165) is 16.5 Å². The molecule has 3 heteroatoms. The fourth-order valence-electron chi connectivity index (χ4n) is 2.90. The van der Waals surface area contributed by atoms with E-state index >= 15 is 0 Å². The molecule has 0 bridgehead atoms. The van der Waals surface area contributed by atoms with Gasteiger partial charge in [0, 0.05) is 16.5 Å². The SMILES string of the molecule is N=C1c2ccccc2C(=O)C1c1ccc2ccccc2n1. The standard InChI is InChI=1S/C18H12N2O/c19-17-12-6-2-3-7-13(12)18(21)16(17)15-10-9-11-5-1-4-8-14(11)20-15/h1-10,16,19H. The van der Waals surface area contributed by atoms with Gasteiger partial charge in [0.15, 0.2) is 5.78 Å². The van der Waals surface area contributed by atoms with E-state index in [2.05, 4.69) is 4.98 Å². The van der Waals surface area contributed by atoms with E-state index in [1.54, 1.807) is 6.07 Å². The van der Waals surface area contributed by atoms with Crippen molar-refractivity contribution in [3.05, 3.63) is 77.5 Å². The number of ketones is 1. The Kier molecular flexibility index (Phi) is 2.48. The van der Waals surface area contributed by atoms with Gasteiger partial charge in [-0.05, 0) is 12.1 Å². The van der Waals surface area contributed by atoms with Crippen molar-refractivity contribution in [2.24, 2.45) is 0 Å². The summed E-state index contributed by atoms with van der Waals surface area (Å²) in [6.45, 7) is 0. The topological polar surface area (TPSA) is 53.8 Å². The molecule has 0 amide bonds.